The van der Waals surface area contributed by atoms with E-state index in [2.05, 4.69) is 51.5 Å². The molecule has 0 amide bonds. The van der Waals surface area contributed by atoms with Crippen molar-refractivity contribution in [3.05, 3.63) is 20.6 Å². The summed E-state index contributed by atoms with van der Waals surface area (Å²) in [6, 6.07) is 0. The Morgan fingerprint density at radius 1 is 0.786 bits per heavy atom. The van der Waals surface area contributed by atoms with Crippen LogP contribution in [0.2, 0.25) is 13.1 Å². The Labute approximate surface area is 196 Å². The maximum Gasteiger partial charge on any atom is -0.147 e. The summed E-state index contributed by atoms with van der Waals surface area (Å²) in [6.45, 7) is 17.7. The van der Waals surface area contributed by atoms with Crippen molar-refractivity contribution in [1.82, 2.24) is 3.80 Å². The third kappa shape index (κ3) is 10.3. The van der Waals surface area contributed by atoms with E-state index in [0.717, 1.165) is 5.92 Å². The van der Waals surface area contributed by atoms with Crippen LogP contribution in [0.5, 0.6) is 0 Å². The van der Waals surface area contributed by atoms with Crippen molar-refractivity contribution >= 4 is 31.5 Å². The summed E-state index contributed by atoms with van der Waals surface area (Å²) in [5, 5.41) is 0. The van der Waals surface area contributed by atoms with E-state index in [9.17, 15) is 0 Å². The van der Waals surface area contributed by atoms with E-state index in [1.807, 2.05) is 3.88 Å². The number of nitrogens with one attached hydrogen (secondary N) is 1. The molecular formula is C23H48Cl2NSiTi. The van der Waals surface area contributed by atoms with Crippen LogP contribution in [-0.2, 0) is 17.4 Å². The van der Waals surface area contributed by atoms with Gasteiger partial charge in [-0.1, -0.05) is 6.92 Å². The molecule has 1 aliphatic carbocycles. The first-order valence-electron chi connectivity index (χ1n) is 11.4. The van der Waals surface area contributed by atoms with Gasteiger partial charge in [0.05, 0.1) is 0 Å². The average molecular weight is 486 g/mol. The predicted octanol–water partition coefficient (Wildman–Crippen LogP) is 8.12. The zero-order chi connectivity index (χ0) is 19.5. The largest absolute Gasteiger partial charge is 0.147 e. The quantitative estimate of drug-likeness (QED) is 0.194. The first-order valence-corrected chi connectivity index (χ1v) is 18.6. The molecule has 1 atom stereocenters. The number of hydrogen-bond donors (Lipinski definition) is 1. The molecule has 0 aromatic rings. The summed E-state index contributed by atoms with van der Waals surface area (Å²) in [6.07, 6.45) is 14.3. The molecule has 1 nitrogen and oxygen atoms in total. The Morgan fingerprint density at radius 3 is 1.64 bits per heavy atom. The zero-order valence-corrected chi connectivity index (χ0v) is 24.1. The molecule has 0 saturated carbocycles. The Morgan fingerprint density at radius 2 is 1.25 bits per heavy atom. The fraction of sp³-hybridized carbons (Fsp3) is 0.826. The van der Waals surface area contributed by atoms with Gasteiger partial charge in [0.2, 0.25) is 0 Å². The van der Waals surface area contributed by atoms with Crippen molar-refractivity contribution in [2.24, 2.45) is 5.92 Å². The third-order valence-electron chi connectivity index (χ3n) is 6.35. The van der Waals surface area contributed by atoms with Crippen LogP contribution in [-0.4, -0.2) is 13.2 Å². The molecule has 0 saturated heterocycles. The Kier molecular flexibility index (Phi) is 19.6. The van der Waals surface area contributed by atoms with Crippen molar-refractivity contribution in [2.45, 2.75) is 112 Å². The topological polar surface area (TPSA) is 12.0 Å². The minimum atomic E-state index is -1.22. The molecule has 1 unspecified atom stereocenters. The molecule has 1 aliphatic rings. The maximum atomic E-state index is 4.13. The minimum Gasteiger partial charge on any atom is -0.147 e. The number of unbranched alkanes of at least 4 members (excludes halogenated alkanes) is 9. The first-order chi connectivity index (χ1) is 12.4. The molecular weight excluding hydrogens is 437 g/mol. The van der Waals surface area contributed by atoms with Crippen LogP contribution >= 0.6 is 24.8 Å². The van der Waals surface area contributed by atoms with Crippen molar-refractivity contribution in [3.8, 4) is 0 Å². The Bertz CT molecular complexity index is 477. The fourth-order valence-corrected chi connectivity index (χ4v) is 15.6. The normalized spacial score (nSPS) is 16.5. The van der Waals surface area contributed by atoms with Gasteiger partial charge in [-0.3, -0.25) is 0 Å². The van der Waals surface area contributed by atoms with E-state index in [1.165, 1.54) is 70.8 Å². The summed E-state index contributed by atoms with van der Waals surface area (Å²) >= 11 is -1.22. The van der Waals surface area contributed by atoms with Gasteiger partial charge in [0.15, 0.2) is 0 Å². The molecule has 0 fully saturated rings. The molecule has 28 heavy (non-hydrogen) atoms. The van der Waals surface area contributed by atoms with Gasteiger partial charge in [0.1, 0.15) is 0 Å². The Hall–Kier alpha value is 0.951. The van der Waals surface area contributed by atoms with E-state index in [4.69, 9.17) is 0 Å². The molecule has 0 radical (unpaired) electrons. The molecule has 0 heterocycles. The van der Waals surface area contributed by atoms with Crippen LogP contribution in [0.4, 0.5) is 0 Å². The SMILES string of the molecule is CCCCCCCCCCCC[NH][Ti]([C]1=C(C)C(C)=C(C)C1C)[SiH](C)C.Cl.Cl. The number of rotatable bonds is 14. The van der Waals surface area contributed by atoms with E-state index in [1.54, 1.807) is 16.7 Å². The second-order valence-electron chi connectivity index (χ2n) is 8.75. The van der Waals surface area contributed by atoms with Crippen LogP contribution in [0.25, 0.3) is 0 Å². The standard InChI is InChI=1S/C12H26N.C9H13.C2H7Si.2ClH.Ti/c1-2-3-4-5-6-7-8-9-10-11-12-13;1-6-5-7(2)9(4)8(6)3;1-3-2;;;/h13H,2-12H2,1H3;6H,1-4H3;3H,1-2H3;2*1H;/q-1;;;;;+1. The number of allylic oxidation sites excluding steroid dienone is 4. The maximum absolute atomic E-state index is 4.13. The molecule has 0 aromatic heterocycles. The zero-order valence-electron chi connectivity index (χ0n) is 19.7. The van der Waals surface area contributed by atoms with Gasteiger partial charge in [-0.25, -0.2) is 0 Å². The van der Waals surface area contributed by atoms with Crippen molar-refractivity contribution in [2.75, 3.05) is 6.54 Å². The summed E-state index contributed by atoms with van der Waals surface area (Å²) in [5.74, 6) is 0.722. The third-order valence-corrected chi connectivity index (χ3v) is 18.2. The van der Waals surface area contributed by atoms with Gasteiger partial charge in [0.25, 0.3) is 0 Å². The predicted molar refractivity (Wildman–Crippen MR) is 133 cm³/mol. The smallest absolute Gasteiger partial charge is 0.147 e. The monoisotopic (exact) mass is 484 g/mol. The van der Waals surface area contributed by atoms with Gasteiger partial charge in [-0.2, -0.15) is 0 Å². The van der Waals surface area contributed by atoms with Crippen LogP contribution in [0.1, 0.15) is 98.8 Å². The van der Waals surface area contributed by atoms with Crippen LogP contribution < -0.4 is 3.80 Å². The summed E-state index contributed by atoms with van der Waals surface area (Å²) < 4.78 is 6.02. The van der Waals surface area contributed by atoms with Crippen molar-refractivity contribution < 1.29 is 17.4 Å². The summed E-state index contributed by atoms with van der Waals surface area (Å²) in [4.78, 5) is 0. The van der Waals surface area contributed by atoms with Crippen LogP contribution in [0.3, 0.4) is 0 Å². The second-order valence-corrected chi connectivity index (χ2v) is 21.5. The van der Waals surface area contributed by atoms with Gasteiger partial charge in [0, 0.05) is 0 Å². The molecule has 0 bridgehead atoms. The summed E-state index contributed by atoms with van der Waals surface area (Å²) in [7, 11) is 0. The number of hydrogen-bond acceptors (Lipinski definition) is 1. The van der Waals surface area contributed by atoms with E-state index >= 15 is 0 Å². The van der Waals surface area contributed by atoms with Crippen LogP contribution in [0.15, 0.2) is 20.6 Å². The molecule has 0 spiro atoms. The van der Waals surface area contributed by atoms with Gasteiger partial charge in [-0.05, 0) is 0 Å². The molecule has 1 N–H and O–H groups in total. The fourth-order valence-electron chi connectivity index (χ4n) is 4.24. The first kappa shape index (κ1) is 31.1. The van der Waals surface area contributed by atoms with Gasteiger partial charge in [-0.15, -0.1) is 24.8 Å². The van der Waals surface area contributed by atoms with E-state index < -0.39 is 24.0 Å². The van der Waals surface area contributed by atoms with Crippen molar-refractivity contribution in [1.29, 1.82) is 0 Å². The number of halogens is 2. The minimum absolute atomic E-state index is 0. The van der Waals surface area contributed by atoms with Gasteiger partial charge < -0.3 is 0 Å². The molecule has 0 aromatic carbocycles. The van der Waals surface area contributed by atoms with Crippen molar-refractivity contribution in [3.63, 3.8) is 0 Å². The van der Waals surface area contributed by atoms with E-state index in [0.29, 0.717) is 0 Å². The Balaban J connectivity index is 0. The van der Waals surface area contributed by atoms with Crippen LogP contribution in [0, 0.1) is 5.92 Å². The molecule has 167 valence electrons. The molecule has 5 heteroatoms. The average Bonchev–Trinajstić information content (AvgIpc) is 2.80. The summed E-state index contributed by atoms with van der Waals surface area (Å²) in [5.41, 5.74) is 4.88. The van der Waals surface area contributed by atoms with Gasteiger partial charge >= 0.3 is 166 Å². The molecule has 0 aliphatic heterocycles. The molecule has 1 rings (SSSR count). The second kappa shape index (κ2) is 17.6. The van der Waals surface area contributed by atoms with E-state index in [-0.39, 0.29) is 24.8 Å².